The van der Waals surface area contributed by atoms with E-state index in [0.717, 1.165) is 10.6 Å². The molecule has 0 saturated carbocycles. The second kappa shape index (κ2) is 3.90. The van der Waals surface area contributed by atoms with Crippen molar-refractivity contribution in [3.63, 3.8) is 0 Å². The van der Waals surface area contributed by atoms with Crippen LogP contribution in [-0.4, -0.2) is 16.6 Å². The van der Waals surface area contributed by atoms with Gasteiger partial charge in [-0.15, -0.1) is 0 Å². The molecule has 0 saturated heterocycles. The minimum absolute atomic E-state index is 0.0839. The van der Waals surface area contributed by atoms with Crippen molar-refractivity contribution in [2.24, 2.45) is 0 Å². The van der Waals surface area contributed by atoms with Gasteiger partial charge in [0.15, 0.2) is 0 Å². The molecule has 0 bridgehead atoms. The van der Waals surface area contributed by atoms with E-state index in [9.17, 15) is 14.0 Å². The molecule has 1 aromatic carbocycles. The highest BCUT2D eigenvalue weighted by Crippen LogP contribution is 2.06. The van der Waals surface area contributed by atoms with Crippen molar-refractivity contribution in [2.45, 2.75) is 6.67 Å². The number of benzene rings is 1. The van der Waals surface area contributed by atoms with E-state index in [4.69, 9.17) is 0 Å². The normalized spacial score (nSPS) is 10.9. The van der Waals surface area contributed by atoms with Gasteiger partial charge in [-0.05, 0) is 25.2 Å². The summed E-state index contributed by atoms with van der Waals surface area (Å²) >= 11 is 0. The lowest BCUT2D eigenvalue weighted by Crippen LogP contribution is -2.38. The van der Waals surface area contributed by atoms with Gasteiger partial charge in [0.25, 0.3) is 5.56 Å². The van der Waals surface area contributed by atoms with Gasteiger partial charge in [0.1, 0.15) is 5.82 Å². The van der Waals surface area contributed by atoms with Gasteiger partial charge in [-0.2, -0.15) is 0 Å². The van der Waals surface area contributed by atoms with Gasteiger partial charge in [-0.25, -0.2) is 13.8 Å². The molecule has 6 heteroatoms. The van der Waals surface area contributed by atoms with Crippen molar-refractivity contribution >= 4 is 10.9 Å². The summed E-state index contributed by atoms with van der Waals surface area (Å²) in [6.07, 6.45) is 0. The summed E-state index contributed by atoms with van der Waals surface area (Å²) in [5.74, 6) is -0.507. The summed E-state index contributed by atoms with van der Waals surface area (Å²) in [5, 5.41) is 2.86. The second-order valence-corrected chi connectivity index (χ2v) is 3.36. The van der Waals surface area contributed by atoms with E-state index in [2.05, 4.69) is 10.3 Å². The monoisotopic (exact) mass is 223 g/mol. The summed E-state index contributed by atoms with van der Waals surface area (Å²) in [6, 6.07) is 3.68. The number of halogens is 1. The van der Waals surface area contributed by atoms with Crippen LogP contribution in [-0.2, 0) is 6.67 Å². The standard InChI is InChI=1S/C10H10FN3O2/c1-12-5-14-9(15)7-4-6(11)2-3-8(7)13-10(14)16/h2-4,12H,5H2,1H3,(H,13,16). The Bertz CT molecular complexity index is 645. The fourth-order valence-corrected chi connectivity index (χ4v) is 1.52. The molecule has 2 aromatic rings. The van der Waals surface area contributed by atoms with Gasteiger partial charge < -0.3 is 10.3 Å². The molecule has 0 radical (unpaired) electrons. The van der Waals surface area contributed by atoms with Crippen LogP contribution in [0, 0.1) is 5.82 Å². The van der Waals surface area contributed by atoms with Crippen LogP contribution in [0.5, 0.6) is 0 Å². The van der Waals surface area contributed by atoms with Crippen LogP contribution in [0.1, 0.15) is 0 Å². The molecule has 0 aliphatic carbocycles. The van der Waals surface area contributed by atoms with Gasteiger partial charge in [0, 0.05) is 0 Å². The number of aromatic amines is 1. The SMILES string of the molecule is CNCn1c(=O)[nH]c2ccc(F)cc2c1=O. The van der Waals surface area contributed by atoms with Crippen LogP contribution in [0.3, 0.4) is 0 Å². The zero-order valence-corrected chi connectivity index (χ0v) is 8.58. The summed E-state index contributed by atoms with van der Waals surface area (Å²) in [7, 11) is 1.61. The highest BCUT2D eigenvalue weighted by Gasteiger charge is 2.07. The molecule has 5 nitrogen and oxygen atoms in total. The predicted octanol–water partition coefficient (Wildman–Crippen LogP) is 0.00580. The molecule has 2 rings (SSSR count). The third kappa shape index (κ3) is 1.63. The van der Waals surface area contributed by atoms with Gasteiger partial charge in [-0.1, -0.05) is 0 Å². The molecule has 0 spiro atoms. The Hall–Kier alpha value is -1.95. The van der Waals surface area contributed by atoms with Crippen LogP contribution >= 0.6 is 0 Å². The number of nitrogens with zero attached hydrogens (tertiary/aromatic N) is 1. The van der Waals surface area contributed by atoms with Crippen LogP contribution < -0.4 is 16.6 Å². The Kier molecular flexibility index (Phi) is 2.57. The summed E-state index contributed by atoms with van der Waals surface area (Å²) in [6.45, 7) is 0.0839. The molecule has 2 N–H and O–H groups in total. The zero-order chi connectivity index (χ0) is 11.7. The Morgan fingerprint density at radius 2 is 2.19 bits per heavy atom. The van der Waals surface area contributed by atoms with Crippen molar-refractivity contribution in [3.05, 3.63) is 44.9 Å². The molecule has 1 heterocycles. The fourth-order valence-electron chi connectivity index (χ4n) is 1.52. The van der Waals surface area contributed by atoms with E-state index in [1.807, 2.05) is 0 Å². The molecule has 0 aliphatic rings. The van der Waals surface area contributed by atoms with E-state index in [1.54, 1.807) is 7.05 Å². The minimum atomic E-state index is -0.515. The second-order valence-electron chi connectivity index (χ2n) is 3.36. The molecule has 0 amide bonds. The molecule has 0 atom stereocenters. The van der Waals surface area contributed by atoms with E-state index in [0.29, 0.717) is 5.52 Å². The van der Waals surface area contributed by atoms with Crippen molar-refractivity contribution in [2.75, 3.05) is 7.05 Å². The summed E-state index contributed by atoms with van der Waals surface area (Å²) in [5.41, 5.74) is -0.685. The average Bonchev–Trinajstić information content (AvgIpc) is 2.26. The van der Waals surface area contributed by atoms with E-state index in [1.165, 1.54) is 12.1 Å². The van der Waals surface area contributed by atoms with Crippen LogP contribution in [0.4, 0.5) is 4.39 Å². The maximum atomic E-state index is 13.0. The van der Waals surface area contributed by atoms with Crippen LogP contribution in [0.15, 0.2) is 27.8 Å². The van der Waals surface area contributed by atoms with Crippen molar-refractivity contribution in [1.82, 2.24) is 14.9 Å². The third-order valence-corrected chi connectivity index (χ3v) is 2.26. The molecular weight excluding hydrogens is 213 g/mol. The van der Waals surface area contributed by atoms with Gasteiger partial charge in [-0.3, -0.25) is 4.79 Å². The third-order valence-electron chi connectivity index (χ3n) is 2.26. The van der Waals surface area contributed by atoms with Gasteiger partial charge in [0.2, 0.25) is 0 Å². The van der Waals surface area contributed by atoms with E-state index >= 15 is 0 Å². The van der Waals surface area contributed by atoms with Gasteiger partial charge in [0.05, 0.1) is 17.6 Å². The lowest BCUT2D eigenvalue weighted by atomic mass is 10.2. The van der Waals surface area contributed by atoms with Gasteiger partial charge >= 0.3 is 5.69 Å². The lowest BCUT2D eigenvalue weighted by molar-refractivity contribution is 0.573. The highest BCUT2D eigenvalue weighted by molar-refractivity contribution is 5.77. The number of aromatic nitrogens is 2. The van der Waals surface area contributed by atoms with E-state index in [-0.39, 0.29) is 12.1 Å². The van der Waals surface area contributed by atoms with Crippen molar-refractivity contribution in [3.8, 4) is 0 Å². The van der Waals surface area contributed by atoms with Crippen molar-refractivity contribution < 1.29 is 4.39 Å². The van der Waals surface area contributed by atoms with E-state index < -0.39 is 17.1 Å². The van der Waals surface area contributed by atoms with Crippen molar-refractivity contribution in [1.29, 1.82) is 0 Å². The molecule has 84 valence electrons. The Balaban J connectivity index is 2.85. The first-order valence-corrected chi connectivity index (χ1v) is 4.70. The number of fused-ring (bicyclic) bond motifs is 1. The lowest BCUT2D eigenvalue weighted by Gasteiger charge is -2.04. The Labute approximate surface area is 89.5 Å². The zero-order valence-electron chi connectivity index (χ0n) is 8.58. The highest BCUT2D eigenvalue weighted by atomic mass is 19.1. The summed E-state index contributed by atoms with van der Waals surface area (Å²) < 4.78 is 14.0. The first kappa shape index (κ1) is 10.6. The first-order valence-electron chi connectivity index (χ1n) is 4.70. The average molecular weight is 223 g/mol. The molecule has 0 unspecified atom stereocenters. The molecule has 1 aromatic heterocycles. The first-order chi connectivity index (χ1) is 7.63. The maximum absolute atomic E-state index is 13.0. The fraction of sp³-hybridized carbons (Fsp3) is 0.200. The smallest absolute Gasteiger partial charge is 0.307 e. The Morgan fingerprint density at radius 3 is 2.88 bits per heavy atom. The number of hydrogen-bond donors (Lipinski definition) is 2. The number of hydrogen-bond acceptors (Lipinski definition) is 3. The maximum Gasteiger partial charge on any atom is 0.329 e. The topological polar surface area (TPSA) is 66.9 Å². The predicted molar refractivity (Wildman–Crippen MR) is 57.8 cm³/mol. The largest absolute Gasteiger partial charge is 0.329 e. The Morgan fingerprint density at radius 1 is 1.44 bits per heavy atom. The number of H-pyrrole nitrogens is 1. The number of nitrogens with one attached hydrogen (secondary N) is 2. The number of rotatable bonds is 2. The molecular formula is C10H10FN3O2. The van der Waals surface area contributed by atoms with Crippen LogP contribution in [0.25, 0.3) is 10.9 Å². The molecule has 0 fully saturated rings. The summed E-state index contributed by atoms with van der Waals surface area (Å²) in [4.78, 5) is 25.8. The quantitative estimate of drug-likeness (QED) is 0.753. The molecule has 16 heavy (non-hydrogen) atoms. The van der Waals surface area contributed by atoms with Crippen LogP contribution in [0.2, 0.25) is 0 Å². The minimum Gasteiger partial charge on any atom is -0.307 e. The molecule has 0 aliphatic heterocycles.